The molecular weight excluding hydrogens is 291 g/mol. The van der Waals surface area contributed by atoms with Crippen LogP contribution in [0.4, 0.5) is 13.2 Å². The van der Waals surface area contributed by atoms with Gasteiger partial charge in [-0.15, -0.1) is 12.4 Å². The summed E-state index contributed by atoms with van der Waals surface area (Å²) in [5, 5.41) is 1.18. The highest BCUT2D eigenvalue weighted by Crippen LogP contribution is 2.39. The smallest absolute Gasteiger partial charge is 0.407 e. The first kappa shape index (κ1) is 16.6. The molecule has 0 aromatic heterocycles. The van der Waals surface area contributed by atoms with Crippen molar-refractivity contribution >= 4 is 23.2 Å². The number of nitrogens with two attached hydrogens (primary N) is 1. The number of hydrogen-bond acceptors (Lipinski definition) is 2. The molecule has 0 unspecified atom stereocenters. The number of alkyl halides is 3. The van der Waals surface area contributed by atoms with Gasteiger partial charge in [0.1, 0.15) is 11.8 Å². The van der Waals surface area contributed by atoms with Gasteiger partial charge in [0.2, 0.25) is 0 Å². The highest BCUT2D eigenvalue weighted by atomic mass is 35.5. The largest absolute Gasteiger partial charge is 0.494 e. The quantitative estimate of drug-likeness (QED) is 0.921. The fourth-order valence-electron chi connectivity index (χ4n) is 2.04. The zero-order chi connectivity index (χ0) is 14.0. The lowest BCUT2D eigenvalue weighted by molar-refractivity contribution is -0.149. The zero-order valence-corrected chi connectivity index (χ0v) is 11.6. The highest BCUT2D eigenvalue weighted by Gasteiger charge is 2.40. The van der Waals surface area contributed by atoms with Crippen molar-refractivity contribution in [3.63, 3.8) is 0 Å². The molecule has 2 N–H and O–H groups in total. The minimum Gasteiger partial charge on any atom is -0.494 e. The topological polar surface area (TPSA) is 35.2 Å². The van der Waals surface area contributed by atoms with Crippen molar-refractivity contribution in [3.8, 4) is 5.75 Å². The van der Waals surface area contributed by atoms with Gasteiger partial charge in [-0.2, -0.15) is 13.2 Å². The van der Waals surface area contributed by atoms with E-state index in [1.165, 1.54) is 6.07 Å². The Labute approximate surface area is 121 Å². The molecule has 0 radical (unpaired) electrons. The van der Waals surface area contributed by atoms with Crippen LogP contribution in [0.15, 0.2) is 36.4 Å². The molecule has 1 atom stereocenters. The summed E-state index contributed by atoms with van der Waals surface area (Å²) in [5.74, 6) is 0.186. The van der Waals surface area contributed by atoms with Gasteiger partial charge in [0.05, 0.1) is 6.61 Å². The van der Waals surface area contributed by atoms with Crippen molar-refractivity contribution in [3.05, 3.63) is 42.0 Å². The van der Waals surface area contributed by atoms with Crippen molar-refractivity contribution in [2.75, 3.05) is 6.61 Å². The predicted molar refractivity (Wildman–Crippen MR) is 75.3 cm³/mol. The van der Waals surface area contributed by atoms with Gasteiger partial charge < -0.3 is 10.5 Å². The fraction of sp³-hybridized carbons (Fsp3) is 0.286. The Bertz CT molecular complexity index is 586. The summed E-state index contributed by atoms with van der Waals surface area (Å²) in [6, 6.07) is 8.03. The van der Waals surface area contributed by atoms with Gasteiger partial charge in [0.15, 0.2) is 0 Å². The summed E-state index contributed by atoms with van der Waals surface area (Å²) in [7, 11) is 0. The van der Waals surface area contributed by atoms with Crippen molar-refractivity contribution in [2.24, 2.45) is 5.73 Å². The van der Waals surface area contributed by atoms with Crippen LogP contribution < -0.4 is 10.5 Å². The number of ether oxygens (including phenoxy) is 1. The van der Waals surface area contributed by atoms with Gasteiger partial charge in [-0.05, 0) is 23.8 Å². The molecule has 6 heteroatoms. The highest BCUT2D eigenvalue weighted by molar-refractivity contribution is 5.88. The molecule has 20 heavy (non-hydrogen) atoms. The molecule has 2 aromatic rings. The first-order valence-corrected chi connectivity index (χ1v) is 5.92. The van der Waals surface area contributed by atoms with Crippen LogP contribution in [-0.2, 0) is 0 Å². The third-order valence-electron chi connectivity index (χ3n) is 2.89. The lowest BCUT2D eigenvalue weighted by Gasteiger charge is -2.21. The summed E-state index contributed by atoms with van der Waals surface area (Å²) in [4.78, 5) is 0. The Morgan fingerprint density at radius 3 is 2.40 bits per heavy atom. The normalized spacial score (nSPS) is 12.8. The van der Waals surface area contributed by atoms with E-state index in [1.807, 2.05) is 0 Å². The van der Waals surface area contributed by atoms with Gasteiger partial charge in [0.25, 0.3) is 0 Å². The molecule has 0 aliphatic carbocycles. The third kappa shape index (κ3) is 3.16. The van der Waals surface area contributed by atoms with E-state index in [1.54, 1.807) is 37.3 Å². The van der Waals surface area contributed by atoms with Crippen molar-refractivity contribution in [1.82, 2.24) is 0 Å². The first-order valence-electron chi connectivity index (χ1n) is 5.92. The maximum Gasteiger partial charge on any atom is 0.407 e. The minimum atomic E-state index is -4.50. The van der Waals surface area contributed by atoms with E-state index in [0.29, 0.717) is 10.8 Å². The molecule has 110 valence electrons. The second kappa shape index (κ2) is 6.33. The summed E-state index contributed by atoms with van der Waals surface area (Å²) < 4.78 is 44.0. The van der Waals surface area contributed by atoms with Crippen LogP contribution in [0.2, 0.25) is 0 Å². The Morgan fingerprint density at radius 2 is 1.80 bits per heavy atom. The summed E-state index contributed by atoms with van der Waals surface area (Å²) >= 11 is 0. The Hall–Kier alpha value is -1.46. The molecule has 2 aromatic carbocycles. The molecule has 0 bridgehead atoms. The summed E-state index contributed by atoms with van der Waals surface area (Å²) in [6.07, 6.45) is -4.50. The van der Waals surface area contributed by atoms with Gasteiger partial charge in [-0.1, -0.05) is 30.3 Å². The van der Waals surface area contributed by atoms with Gasteiger partial charge >= 0.3 is 6.18 Å². The molecule has 0 aliphatic rings. The van der Waals surface area contributed by atoms with E-state index >= 15 is 0 Å². The predicted octanol–water partition coefficient (Wildman–Crippen LogP) is 4.22. The average Bonchev–Trinajstić information content (AvgIpc) is 2.37. The van der Waals surface area contributed by atoms with E-state index in [9.17, 15) is 13.2 Å². The lowest BCUT2D eigenvalue weighted by atomic mass is 9.97. The summed E-state index contributed by atoms with van der Waals surface area (Å²) in [5.41, 5.74) is 5.36. The molecule has 0 aliphatic heterocycles. The van der Waals surface area contributed by atoms with E-state index in [2.05, 4.69) is 0 Å². The number of benzene rings is 2. The van der Waals surface area contributed by atoms with Gasteiger partial charge in [-0.3, -0.25) is 0 Å². The van der Waals surface area contributed by atoms with E-state index in [-0.39, 0.29) is 30.3 Å². The van der Waals surface area contributed by atoms with E-state index < -0.39 is 12.2 Å². The van der Waals surface area contributed by atoms with Crippen LogP contribution in [0.1, 0.15) is 18.5 Å². The standard InChI is InChI=1S/C14H14F3NO.ClH/c1-2-19-11-8-7-9-5-3-4-6-10(9)12(11)13(18)14(15,16)17;/h3-8,13H,2,18H2,1H3;1H/t13-;/m0./s1. The lowest BCUT2D eigenvalue weighted by Crippen LogP contribution is -2.29. The van der Waals surface area contributed by atoms with Gasteiger partial charge in [0, 0.05) is 5.56 Å². The molecule has 2 rings (SSSR count). The Balaban J connectivity index is 0.00000200. The maximum absolute atomic E-state index is 12.9. The Morgan fingerprint density at radius 1 is 1.15 bits per heavy atom. The summed E-state index contributed by atoms with van der Waals surface area (Å²) in [6.45, 7) is 2.01. The van der Waals surface area contributed by atoms with Crippen LogP contribution in [-0.4, -0.2) is 12.8 Å². The third-order valence-corrected chi connectivity index (χ3v) is 2.89. The zero-order valence-electron chi connectivity index (χ0n) is 10.8. The van der Waals surface area contributed by atoms with Gasteiger partial charge in [-0.25, -0.2) is 0 Å². The maximum atomic E-state index is 12.9. The number of rotatable bonds is 3. The van der Waals surface area contributed by atoms with Crippen LogP contribution >= 0.6 is 12.4 Å². The molecule has 0 heterocycles. The fourth-order valence-corrected chi connectivity index (χ4v) is 2.04. The van der Waals surface area contributed by atoms with Crippen molar-refractivity contribution in [1.29, 1.82) is 0 Å². The average molecular weight is 306 g/mol. The molecule has 2 nitrogen and oxygen atoms in total. The van der Waals surface area contributed by atoms with Crippen LogP contribution in [0.5, 0.6) is 5.75 Å². The van der Waals surface area contributed by atoms with Crippen molar-refractivity contribution < 1.29 is 17.9 Å². The molecule has 0 saturated heterocycles. The van der Waals surface area contributed by atoms with E-state index in [0.717, 1.165) is 0 Å². The second-order valence-electron chi connectivity index (χ2n) is 4.15. The Kier molecular flexibility index (Phi) is 5.25. The molecule has 0 amide bonds. The molecule has 0 saturated carbocycles. The van der Waals surface area contributed by atoms with Crippen LogP contribution in [0, 0.1) is 0 Å². The monoisotopic (exact) mass is 305 g/mol. The minimum absolute atomic E-state index is 0. The van der Waals surface area contributed by atoms with Crippen LogP contribution in [0.3, 0.4) is 0 Å². The first-order chi connectivity index (χ1) is 8.95. The number of halogens is 4. The molecule has 0 fully saturated rings. The SMILES string of the molecule is CCOc1ccc2ccccc2c1[C@H](N)C(F)(F)F.Cl. The van der Waals surface area contributed by atoms with E-state index in [4.69, 9.17) is 10.5 Å². The molecule has 0 spiro atoms. The van der Waals surface area contributed by atoms with Crippen molar-refractivity contribution in [2.45, 2.75) is 19.1 Å². The molecular formula is C14H15ClF3NO. The number of hydrogen-bond donors (Lipinski definition) is 1. The number of fused-ring (bicyclic) bond motifs is 1. The van der Waals surface area contributed by atoms with Crippen LogP contribution in [0.25, 0.3) is 10.8 Å². The second-order valence-corrected chi connectivity index (χ2v) is 4.15.